The predicted molar refractivity (Wildman–Crippen MR) is 97.6 cm³/mol. The second-order valence-corrected chi connectivity index (χ2v) is 8.32. The van der Waals surface area contributed by atoms with E-state index in [4.69, 9.17) is 0 Å². The summed E-state index contributed by atoms with van der Waals surface area (Å²) in [5, 5.41) is 0. The summed E-state index contributed by atoms with van der Waals surface area (Å²) in [6.07, 6.45) is 2.88. The number of amides is 3. The summed E-state index contributed by atoms with van der Waals surface area (Å²) < 4.78 is 0. The molecule has 0 N–H and O–H groups in total. The van der Waals surface area contributed by atoms with Gasteiger partial charge in [-0.15, -0.1) is 0 Å². The predicted octanol–water partition coefficient (Wildman–Crippen LogP) is 2.39. The number of hydrogen-bond acceptors (Lipinski definition) is 3. The fourth-order valence-corrected chi connectivity index (χ4v) is 4.73. The van der Waals surface area contributed by atoms with Gasteiger partial charge in [-0.25, -0.2) is 0 Å². The number of benzene rings is 1. The van der Waals surface area contributed by atoms with E-state index in [1.807, 2.05) is 24.0 Å². The first kappa shape index (κ1) is 17.1. The van der Waals surface area contributed by atoms with Gasteiger partial charge in [0.05, 0.1) is 11.3 Å². The van der Waals surface area contributed by atoms with Gasteiger partial charge in [0.15, 0.2) is 0 Å². The van der Waals surface area contributed by atoms with Crippen molar-refractivity contribution in [1.29, 1.82) is 0 Å². The van der Waals surface area contributed by atoms with Crippen LogP contribution in [0.2, 0.25) is 0 Å². The Balaban J connectivity index is 1.71. The van der Waals surface area contributed by atoms with E-state index >= 15 is 0 Å². The van der Waals surface area contributed by atoms with Crippen LogP contribution >= 0.6 is 0 Å². The van der Waals surface area contributed by atoms with E-state index in [0.29, 0.717) is 24.1 Å². The highest BCUT2D eigenvalue weighted by atomic mass is 16.2. The second kappa shape index (κ2) is 5.56. The van der Waals surface area contributed by atoms with Gasteiger partial charge in [0, 0.05) is 18.5 Å². The third-order valence-electron chi connectivity index (χ3n) is 6.24. The van der Waals surface area contributed by atoms with E-state index in [1.54, 1.807) is 21.9 Å². The molecule has 0 unspecified atom stereocenters. The molecule has 0 saturated carbocycles. The number of carbonyl (C=O) groups excluding carboxylic acids is 3. The highest BCUT2D eigenvalue weighted by Crippen LogP contribution is 2.44. The first-order valence-corrected chi connectivity index (χ1v) is 9.30. The Bertz CT molecular complexity index is 803. The summed E-state index contributed by atoms with van der Waals surface area (Å²) in [6.45, 7) is 6.77. The van der Waals surface area contributed by atoms with Crippen molar-refractivity contribution in [1.82, 2.24) is 9.80 Å². The molecular weight excluding hydrogens is 330 g/mol. The Labute approximate surface area is 153 Å². The van der Waals surface area contributed by atoms with E-state index in [2.05, 4.69) is 13.8 Å². The van der Waals surface area contributed by atoms with Crippen molar-refractivity contribution in [3.63, 3.8) is 0 Å². The molecule has 3 heterocycles. The molecule has 3 aliphatic heterocycles. The van der Waals surface area contributed by atoms with Crippen molar-refractivity contribution in [2.45, 2.75) is 57.7 Å². The number of para-hydroxylation sites is 1. The molecule has 1 aromatic carbocycles. The number of hydrogen-bond donors (Lipinski definition) is 0. The van der Waals surface area contributed by atoms with Gasteiger partial charge in [-0.2, -0.15) is 0 Å². The van der Waals surface area contributed by atoms with Crippen molar-refractivity contribution in [2.24, 2.45) is 0 Å². The molecule has 26 heavy (non-hydrogen) atoms. The summed E-state index contributed by atoms with van der Waals surface area (Å²) in [6, 6.07) is 7.19. The zero-order valence-corrected chi connectivity index (χ0v) is 15.6. The number of fused-ring (bicyclic) bond motifs is 3. The SMILES string of the molecule is CC1(C)CCCN1C(=O)CN1C(=O)c2ccccc2N2C(=O)CC[C@@]12C. The molecule has 0 aromatic heterocycles. The molecule has 3 aliphatic rings. The minimum absolute atomic E-state index is 0.00593. The molecule has 3 amide bonds. The smallest absolute Gasteiger partial charge is 0.258 e. The van der Waals surface area contributed by atoms with Crippen LogP contribution < -0.4 is 4.90 Å². The lowest BCUT2D eigenvalue weighted by molar-refractivity contribution is -0.136. The molecule has 0 bridgehead atoms. The topological polar surface area (TPSA) is 60.9 Å². The van der Waals surface area contributed by atoms with E-state index < -0.39 is 5.66 Å². The number of anilines is 1. The van der Waals surface area contributed by atoms with Crippen LogP contribution in [0.25, 0.3) is 0 Å². The minimum atomic E-state index is -0.776. The van der Waals surface area contributed by atoms with Crippen molar-refractivity contribution >= 4 is 23.4 Å². The van der Waals surface area contributed by atoms with Crippen molar-refractivity contribution < 1.29 is 14.4 Å². The van der Waals surface area contributed by atoms with E-state index in [1.165, 1.54) is 0 Å². The molecule has 1 atom stereocenters. The lowest BCUT2D eigenvalue weighted by atomic mass is 9.97. The van der Waals surface area contributed by atoms with Gasteiger partial charge in [0.2, 0.25) is 11.8 Å². The Hall–Kier alpha value is -2.37. The van der Waals surface area contributed by atoms with E-state index in [0.717, 1.165) is 19.4 Å². The Morgan fingerprint density at radius 3 is 2.54 bits per heavy atom. The Morgan fingerprint density at radius 1 is 1.12 bits per heavy atom. The fraction of sp³-hybridized carbons (Fsp3) is 0.550. The van der Waals surface area contributed by atoms with Crippen LogP contribution in [-0.4, -0.2) is 51.8 Å². The van der Waals surface area contributed by atoms with Gasteiger partial charge in [0.1, 0.15) is 12.2 Å². The maximum Gasteiger partial charge on any atom is 0.258 e. The summed E-state index contributed by atoms with van der Waals surface area (Å²) in [7, 11) is 0. The van der Waals surface area contributed by atoms with Crippen LogP contribution in [0.1, 0.15) is 56.8 Å². The lowest BCUT2D eigenvalue weighted by Crippen LogP contribution is -2.64. The molecule has 6 nitrogen and oxygen atoms in total. The Kier molecular flexibility index (Phi) is 3.65. The van der Waals surface area contributed by atoms with Gasteiger partial charge in [0.25, 0.3) is 5.91 Å². The van der Waals surface area contributed by atoms with Crippen LogP contribution in [0.3, 0.4) is 0 Å². The number of rotatable bonds is 2. The summed E-state index contributed by atoms with van der Waals surface area (Å²) in [4.78, 5) is 44.0. The molecule has 138 valence electrons. The van der Waals surface area contributed by atoms with Gasteiger partial charge >= 0.3 is 0 Å². The number of likely N-dealkylation sites (tertiary alicyclic amines) is 1. The molecule has 1 aromatic rings. The standard InChI is InChI=1S/C20H25N3O3/c1-19(2)10-6-12-21(19)17(25)13-22-18(26)14-7-4-5-8-15(14)23-16(24)9-11-20(22,23)3/h4-5,7-8H,6,9-13H2,1-3H3/t20-/m0/s1. The van der Waals surface area contributed by atoms with Crippen LogP contribution in [0.15, 0.2) is 24.3 Å². The molecule has 2 fully saturated rings. The maximum atomic E-state index is 13.2. The maximum absolute atomic E-state index is 13.2. The number of nitrogens with zero attached hydrogens (tertiary/aromatic N) is 3. The van der Waals surface area contributed by atoms with Gasteiger partial charge in [-0.3, -0.25) is 19.3 Å². The average molecular weight is 355 g/mol. The lowest BCUT2D eigenvalue weighted by Gasteiger charge is -2.49. The normalized spacial score (nSPS) is 27.0. The van der Waals surface area contributed by atoms with E-state index in [9.17, 15) is 14.4 Å². The minimum Gasteiger partial charge on any atom is -0.336 e. The largest absolute Gasteiger partial charge is 0.336 e. The van der Waals surface area contributed by atoms with Gasteiger partial charge < -0.3 is 9.80 Å². The zero-order valence-electron chi connectivity index (χ0n) is 15.6. The summed E-state index contributed by atoms with van der Waals surface area (Å²) in [5.41, 5.74) is 0.198. The van der Waals surface area contributed by atoms with Gasteiger partial charge in [-0.05, 0) is 52.2 Å². The number of carbonyl (C=O) groups is 3. The monoisotopic (exact) mass is 355 g/mol. The van der Waals surface area contributed by atoms with Crippen LogP contribution in [0.4, 0.5) is 5.69 Å². The first-order chi connectivity index (χ1) is 12.3. The van der Waals surface area contributed by atoms with Crippen LogP contribution in [0.5, 0.6) is 0 Å². The molecule has 0 radical (unpaired) electrons. The Morgan fingerprint density at radius 2 is 1.85 bits per heavy atom. The zero-order chi connectivity index (χ0) is 18.7. The fourth-order valence-electron chi connectivity index (χ4n) is 4.73. The average Bonchev–Trinajstić information content (AvgIpc) is 3.11. The molecule has 6 heteroatoms. The van der Waals surface area contributed by atoms with E-state index in [-0.39, 0.29) is 29.8 Å². The molecule has 4 rings (SSSR count). The highest BCUT2D eigenvalue weighted by molar-refractivity contribution is 6.11. The molecule has 0 spiro atoms. The molecule has 2 saturated heterocycles. The van der Waals surface area contributed by atoms with Crippen molar-refractivity contribution in [2.75, 3.05) is 18.0 Å². The summed E-state index contributed by atoms with van der Waals surface area (Å²) >= 11 is 0. The van der Waals surface area contributed by atoms with Gasteiger partial charge in [-0.1, -0.05) is 12.1 Å². The summed E-state index contributed by atoms with van der Waals surface area (Å²) in [5.74, 6) is -0.202. The quantitative estimate of drug-likeness (QED) is 0.818. The third-order valence-corrected chi connectivity index (χ3v) is 6.24. The highest BCUT2D eigenvalue weighted by Gasteiger charge is 2.54. The molecule has 0 aliphatic carbocycles. The molecular formula is C20H25N3O3. The second-order valence-electron chi connectivity index (χ2n) is 8.32. The van der Waals surface area contributed by atoms with Crippen molar-refractivity contribution in [3.8, 4) is 0 Å². The van der Waals surface area contributed by atoms with Crippen LogP contribution in [0, 0.1) is 0 Å². The third kappa shape index (κ3) is 2.27. The first-order valence-electron chi connectivity index (χ1n) is 9.30. The van der Waals surface area contributed by atoms with Crippen molar-refractivity contribution in [3.05, 3.63) is 29.8 Å². The van der Waals surface area contributed by atoms with Crippen LogP contribution in [-0.2, 0) is 9.59 Å².